The average molecular weight is 397 g/mol. The van der Waals surface area contributed by atoms with Gasteiger partial charge in [0.15, 0.2) is 0 Å². The molecule has 29 heavy (non-hydrogen) atoms. The van der Waals surface area contributed by atoms with Crippen LogP contribution in [0.2, 0.25) is 0 Å². The molecule has 2 aromatic rings. The zero-order valence-electron chi connectivity index (χ0n) is 16.5. The zero-order chi connectivity index (χ0) is 20.1. The quantitative estimate of drug-likeness (QED) is 0.751. The summed E-state index contributed by atoms with van der Waals surface area (Å²) in [5.41, 5.74) is 0.660. The van der Waals surface area contributed by atoms with E-state index >= 15 is 0 Å². The van der Waals surface area contributed by atoms with Gasteiger partial charge in [0.25, 0.3) is 5.91 Å². The fourth-order valence-corrected chi connectivity index (χ4v) is 3.88. The van der Waals surface area contributed by atoms with Gasteiger partial charge in [0.1, 0.15) is 5.82 Å². The lowest BCUT2D eigenvalue weighted by molar-refractivity contribution is 0.0746. The van der Waals surface area contributed by atoms with E-state index in [0.29, 0.717) is 44.2 Å². The molecule has 2 aliphatic heterocycles. The molecule has 4 rings (SSSR count). The van der Waals surface area contributed by atoms with Crippen LogP contribution < -0.4 is 9.80 Å². The normalized spacial score (nSPS) is 18.2. The lowest BCUT2D eigenvalue weighted by atomic mass is 10.1. The molecule has 0 saturated carbocycles. The van der Waals surface area contributed by atoms with Crippen molar-refractivity contribution in [2.24, 2.45) is 0 Å². The van der Waals surface area contributed by atoms with Gasteiger partial charge >= 0.3 is 0 Å². The van der Waals surface area contributed by atoms with Gasteiger partial charge in [0, 0.05) is 77.5 Å². The van der Waals surface area contributed by atoms with Crippen LogP contribution in [0.25, 0.3) is 0 Å². The Hall–Kier alpha value is -2.78. The summed E-state index contributed by atoms with van der Waals surface area (Å²) in [6, 6.07) is 5.50. The second-order valence-corrected chi connectivity index (χ2v) is 7.25. The smallest absolute Gasteiger partial charge is 0.257 e. The van der Waals surface area contributed by atoms with E-state index in [9.17, 15) is 4.79 Å². The predicted octanol–water partition coefficient (Wildman–Crippen LogP) is -0.0517. The number of carbonyl (C=O) groups excluding carboxylic acids is 1. The van der Waals surface area contributed by atoms with Crippen molar-refractivity contribution in [3.8, 4) is 0 Å². The van der Waals surface area contributed by atoms with Crippen molar-refractivity contribution < 1.29 is 9.90 Å². The lowest BCUT2D eigenvalue weighted by Crippen LogP contribution is -2.50. The van der Waals surface area contributed by atoms with E-state index in [0.717, 1.165) is 32.0 Å². The highest BCUT2D eigenvalue weighted by Crippen LogP contribution is 2.22. The van der Waals surface area contributed by atoms with Crippen LogP contribution in [0, 0.1) is 0 Å². The van der Waals surface area contributed by atoms with Gasteiger partial charge < -0.3 is 19.8 Å². The highest BCUT2D eigenvalue weighted by atomic mass is 16.3. The van der Waals surface area contributed by atoms with Crippen LogP contribution in [0.4, 0.5) is 11.8 Å². The molecule has 4 heterocycles. The monoisotopic (exact) mass is 397 g/mol. The number of carbonyl (C=O) groups is 1. The van der Waals surface area contributed by atoms with Gasteiger partial charge in [0.2, 0.25) is 5.95 Å². The maximum atomic E-state index is 13.2. The van der Waals surface area contributed by atoms with Crippen molar-refractivity contribution in [3.05, 3.63) is 42.4 Å². The Labute approximate surface area is 170 Å². The summed E-state index contributed by atoms with van der Waals surface area (Å²) in [5, 5.41) is 9.12. The van der Waals surface area contributed by atoms with Crippen molar-refractivity contribution in [1.29, 1.82) is 0 Å². The lowest BCUT2D eigenvalue weighted by Gasteiger charge is -2.37. The number of β-amino-alcohol motifs (C(OH)–C–C–N with tert-alkyl or cyclic N) is 1. The molecule has 0 unspecified atom stereocenters. The first-order chi connectivity index (χ1) is 14.3. The topological polar surface area (TPSA) is 88.9 Å². The Bertz CT molecular complexity index is 803. The molecule has 9 heteroatoms. The molecule has 0 aliphatic carbocycles. The van der Waals surface area contributed by atoms with Gasteiger partial charge in [-0.3, -0.25) is 9.69 Å². The van der Waals surface area contributed by atoms with Crippen LogP contribution in [-0.2, 0) is 0 Å². The van der Waals surface area contributed by atoms with Crippen molar-refractivity contribution in [1.82, 2.24) is 24.8 Å². The molecule has 1 amide bonds. The van der Waals surface area contributed by atoms with Crippen molar-refractivity contribution in [2.45, 2.75) is 0 Å². The molecule has 0 bridgehead atoms. The number of aromatic nitrogens is 3. The average Bonchev–Trinajstić information content (AvgIpc) is 2.80. The van der Waals surface area contributed by atoms with Crippen LogP contribution in [-0.4, -0.2) is 101 Å². The van der Waals surface area contributed by atoms with Gasteiger partial charge in [-0.25, -0.2) is 15.0 Å². The molecule has 2 aliphatic rings. The minimum atomic E-state index is 0.0273. The third-order valence-corrected chi connectivity index (χ3v) is 5.51. The largest absolute Gasteiger partial charge is 0.395 e. The number of aliphatic hydroxyl groups excluding tert-OH is 1. The van der Waals surface area contributed by atoms with E-state index in [1.54, 1.807) is 24.7 Å². The number of piperazine rings is 2. The summed E-state index contributed by atoms with van der Waals surface area (Å²) >= 11 is 0. The van der Waals surface area contributed by atoms with Crippen molar-refractivity contribution in [2.75, 3.05) is 75.3 Å². The Morgan fingerprint density at radius 2 is 1.52 bits per heavy atom. The van der Waals surface area contributed by atoms with E-state index in [1.165, 1.54) is 0 Å². The standard InChI is InChI=1S/C20H27N7O2/c28-16-15-24-7-9-25(10-8-24)18-17(3-1-4-21-18)19(29)26-11-13-27(14-12-26)20-22-5-2-6-23-20/h1-6,28H,7-16H2. The van der Waals surface area contributed by atoms with Crippen LogP contribution in [0.1, 0.15) is 10.4 Å². The maximum Gasteiger partial charge on any atom is 0.257 e. The van der Waals surface area contributed by atoms with E-state index < -0.39 is 0 Å². The summed E-state index contributed by atoms with van der Waals surface area (Å²) in [6.07, 6.45) is 5.22. The second kappa shape index (κ2) is 9.15. The van der Waals surface area contributed by atoms with Gasteiger partial charge in [-0.2, -0.15) is 0 Å². The van der Waals surface area contributed by atoms with Crippen molar-refractivity contribution in [3.63, 3.8) is 0 Å². The molecule has 2 fully saturated rings. The number of pyridine rings is 1. The summed E-state index contributed by atoms with van der Waals surface area (Å²) in [6.45, 7) is 6.89. The number of aliphatic hydroxyl groups is 1. The first-order valence-electron chi connectivity index (χ1n) is 10.1. The SMILES string of the molecule is O=C(c1cccnc1N1CCN(CCO)CC1)N1CCN(c2ncccn2)CC1. The second-order valence-electron chi connectivity index (χ2n) is 7.25. The van der Waals surface area contributed by atoms with Crippen LogP contribution in [0.5, 0.6) is 0 Å². The highest BCUT2D eigenvalue weighted by Gasteiger charge is 2.27. The molecule has 0 spiro atoms. The summed E-state index contributed by atoms with van der Waals surface area (Å²) in [5.74, 6) is 1.50. The predicted molar refractivity (Wildman–Crippen MR) is 110 cm³/mol. The summed E-state index contributed by atoms with van der Waals surface area (Å²) in [7, 11) is 0. The van der Waals surface area contributed by atoms with E-state index in [2.05, 4.69) is 29.7 Å². The number of nitrogens with zero attached hydrogens (tertiary/aromatic N) is 7. The first kappa shape index (κ1) is 19.5. The Kier molecular flexibility index (Phi) is 6.16. The van der Waals surface area contributed by atoms with Crippen molar-refractivity contribution >= 4 is 17.7 Å². The summed E-state index contributed by atoms with van der Waals surface area (Å²) in [4.78, 5) is 34.8. The fraction of sp³-hybridized carbons (Fsp3) is 0.500. The van der Waals surface area contributed by atoms with Crippen LogP contribution in [0.15, 0.2) is 36.8 Å². The number of anilines is 2. The van der Waals surface area contributed by atoms with Gasteiger partial charge in [-0.15, -0.1) is 0 Å². The van der Waals surface area contributed by atoms with Crippen LogP contribution >= 0.6 is 0 Å². The minimum Gasteiger partial charge on any atom is -0.395 e. The number of rotatable bonds is 5. The Morgan fingerprint density at radius 3 is 2.21 bits per heavy atom. The number of amides is 1. The molecule has 0 aromatic carbocycles. The highest BCUT2D eigenvalue weighted by molar-refractivity contribution is 5.99. The molecule has 9 nitrogen and oxygen atoms in total. The fourth-order valence-electron chi connectivity index (χ4n) is 3.88. The Morgan fingerprint density at radius 1 is 0.862 bits per heavy atom. The molecular formula is C20H27N7O2. The van der Waals surface area contributed by atoms with Gasteiger partial charge in [0.05, 0.1) is 12.2 Å². The first-order valence-corrected chi connectivity index (χ1v) is 10.1. The van der Waals surface area contributed by atoms with E-state index in [-0.39, 0.29) is 12.5 Å². The number of hydrogen-bond donors (Lipinski definition) is 1. The third kappa shape index (κ3) is 4.46. The maximum absolute atomic E-state index is 13.2. The van der Waals surface area contributed by atoms with Gasteiger partial charge in [-0.05, 0) is 18.2 Å². The van der Waals surface area contributed by atoms with Crippen LogP contribution in [0.3, 0.4) is 0 Å². The molecule has 0 atom stereocenters. The molecule has 0 radical (unpaired) electrons. The molecule has 2 aromatic heterocycles. The zero-order valence-corrected chi connectivity index (χ0v) is 16.5. The Balaban J connectivity index is 1.41. The molecular weight excluding hydrogens is 370 g/mol. The third-order valence-electron chi connectivity index (χ3n) is 5.51. The number of hydrogen-bond acceptors (Lipinski definition) is 8. The minimum absolute atomic E-state index is 0.0273. The molecule has 2 saturated heterocycles. The van der Waals surface area contributed by atoms with E-state index in [4.69, 9.17) is 5.11 Å². The molecule has 1 N–H and O–H groups in total. The van der Waals surface area contributed by atoms with Gasteiger partial charge in [-0.1, -0.05) is 0 Å². The summed E-state index contributed by atoms with van der Waals surface area (Å²) < 4.78 is 0. The van der Waals surface area contributed by atoms with E-state index in [1.807, 2.05) is 17.0 Å². The molecule has 154 valence electrons.